The topological polar surface area (TPSA) is 59.3 Å². The Labute approximate surface area is 121 Å². The first kappa shape index (κ1) is 13.9. The van der Waals surface area contributed by atoms with Crippen molar-refractivity contribution in [3.8, 4) is 17.6 Å². The van der Waals surface area contributed by atoms with E-state index in [2.05, 4.69) is 4.74 Å². The van der Waals surface area contributed by atoms with Crippen molar-refractivity contribution in [2.45, 2.75) is 0 Å². The standard InChI is InChI=1S/C15H10ClNO3/c1-19-15(18)10-2-5-12(6-3-10)20-13-7-4-11(9-17)14(16)8-13/h2-8H,1H3. The van der Waals surface area contributed by atoms with Crippen molar-refractivity contribution in [1.29, 1.82) is 5.26 Å². The number of carbonyl (C=O) groups is 1. The van der Waals surface area contributed by atoms with Crippen molar-refractivity contribution in [3.63, 3.8) is 0 Å². The van der Waals surface area contributed by atoms with Crippen molar-refractivity contribution in [2.75, 3.05) is 7.11 Å². The molecule has 0 bridgehead atoms. The third-order valence-corrected chi connectivity index (χ3v) is 2.88. The quantitative estimate of drug-likeness (QED) is 0.806. The molecule has 0 saturated carbocycles. The molecule has 0 radical (unpaired) electrons. The van der Waals surface area contributed by atoms with E-state index in [9.17, 15) is 4.79 Å². The van der Waals surface area contributed by atoms with Gasteiger partial charge in [0.15, 0.2) is 0 Å². The predicted molar refractivity (Wildman–Crippen MR) is 74.0 cm³/mol. The minimum absolute atomic E-state index is 0.330. The highest BCUT2D eigenvalue weighted by Gasteiger charge is 2.06. The van der Waals surface area contributed by atoms with Crippen molar-refractivity contribution < 1.29 is 14.3 Å². The highest BCUT2D eigenvalue weighted by Crippen LogP contribution is 2.26. The zero-order valence-corrected chi connectivity index (χ0v) is 11.3. The molecule has 20 heavy (non-hydrogen) atoms. The van der Waals surface area contributed by atoms with Gasteiger partial charge in [-0.3, -0.25) is 0 Å². The molecule has 2 rings (SSSR count). The molecule has 0 aliphatic heterocycles. The van der Waals surface area contributed by atoms with Gasteiger partial charge in [0.2, 0.25) is 0 Å². The molecule has 4 nitrogen and oxygen atoms in total. The van der Waals surface area contributed by atoms with E-state index < -0.39 is 5.97 Å². The molecule has 0 aliphatic rings. The second-order valence-corrected chi connectivity index (χ2v) is 4.28. The van der Waals surface area contributed by atoms with Crippen LogP contribution < -0.4 is 4.74 Å². The van der Waals surface area contributed by atoms with Gasteiger partial charge in [-0.1, -0.05) is 11.6 Å². The monoisotopic (exact) mass is 287 g/mol. The van der Waals surface area contributed by atoms with Crippen molar-refractivity contribution in [1.82, 2.24) is 0 Å². The smallest absolute Gasteiger partial charge is 0.337 e. The van der Waals surface area contributed by atoms with Gasteiger partial charge in [-0.2, -0.15) is 5.26 Å². The number of nitrogens with zero attached hydrogens (tertiary/aromatic N) is 1. The lowest BCUT2D eigenvalue weighted by molar-refractivity contribution is 0.0600. The Morgan fingerprint density at radius 1 is 1.15 bits per heavy atom. The molecule has 0 N–H and O–H groups in total. The maximum atomic E-state index is 11.3. The summed E-state index contributed by atoms with van der Waals surface area (Å²) in [6.07, 6.45) is 0. The van der Waals surface area contributed by atoms with Crippen LogP contribution in [0.25, 0.3) is 0 Å². The minimum Gasteiger partial charge on any atom is -0.465 e. The summed E-state index contributed by atoms with van der Waals surface area (Å²) in [5.74, 6) is 0.663. The molecule has 0 spiro atoms. The highest BCUT2D eigenvalue weighted by molar-refractivity contribution is 6.31. The van der Waals surface area contributed by atoms with E-state index in [0.29, 0.717) is 27.6 Å². The van der Waals surface area contributed by atoms with Gasteiger partial charge in [0.25, 0.3) is 0 Å². The third kappa shape index (κ3) is 3.08. The Bertz CT molecular complexity index is 675. The lowest BCUT2D eigenvalue weighted by atomic mass is 10.2. The average Bonchev–Trinajstić information content (AvgIpc) is 2.47. The predicted octanol–water partition coefficient (Wildman–Crippen LogP) is 3.79. The number of hydrogen-bond donors (Lipinski definition) is 0. The number of nitriles is 1. The van der Waals surface area contributed by atoms with E-state index in [1.807, 2.05) is 6.07 Å². The summed E-state index contributed by atoms with van der Waals surface area (Å²) in [7, 11) is 1.32. The van der Waals surface area contributed by atoms with E-state index in [-0.39, 0.29) is 0 Å². The Balaban J connectivity index is 2.16. The van der Waals surface area contributed by atoms with Gasteiger partial charge in [-0.15, -0.1) is 0 Å². The Kier molecular flexibility index (Phi) is 4.24. The van der Waals surface area contributed by atoms with Crippen LogP contribution in [0.1, 0.15) is 15.9 Å². The summed E-state index contributed by atoms with van der Waals surface area (Å²) in [5, 5.41) is 9.12. The molecule has 5 heteroatoms. The number of halogens is 1. The van der Waals surface area contributed by atoms with Gasteiger partial charge in [0, 0.05) is 6.07 Å². The fourth-order valence-electron chi connectivity index (χ4n) is 1.56. The lowest BCUT2D eigenvalue weighted by Crippen LogP contribution is -2.00. The van der Waals surface area contributed by atoms with Gasteiger partial charge in [0.05, 0.1) is 23.3 Å². The molecule has 0 fully saturated rings. The summed E-state index contributed by atoms with van der Waals surface area (Å²) in [6, 6.07) is 13.3. The Morgan fingerprint density at radius 3 is 2.35 bits per heavy atom. The Morgan fingerprint density at radius 2 is 1.80 bits per heavy atom. The zero-order chi connectivity index (χ0) is 14.5. The molecule has 0 aliphatic carbocycles. The van der Waals surface area contributed by atoms with Crippen LogP contribution in [0.3, 0.4) is 0 Å². The van der Waals surface area contributed by atoms with E-state index in [4.69, 9.17) is 21.6 Å². The van der Waals surface area contributed by atoms with Crippen LogP contribution in [-0.4, -0.2) is 13.1 Å². The van der Waals surface area contributed by atoms with Crippen molar-refractivity contribution >= 4 is 17.6 Å². The van der Waals surface area contributed by atoms with Gasteiger partial charge in [-0.25, -0.2) is 4.79 Å². The maximum absolute atomic E-state index is 11.3. The molecule has 0 aromatic heterocycles. The molecular formula is C15H10ClNO3. The molecule has 2 aromatic carbocycles. The summed E-state index contributed by atoms with van der Waals surface area (Å²) in [5.41, 5.74) is 0.831. The SMILES string of the molecule is COC(=O)c1ccc(Oc2ccc(C#N)c(Cl)c2)cc1. The molecule has 0 heterocycles. The third-order valence-electron chi connectivity index (χ3n) is 2.57. The van der Waals surface area contributed by atoms with Crippen molar-refractivity contribution in [3.05, 3.63) is 58.6 Å². The molecule has 0 unspecified atom stereocenters. The van der Waals surface area contributed by atoms with E-state index in [1.54, 1.807) is 42.5 Å². The van der Waals surface area contributed by atoms with Crippen LogP contribution >= 0.6 is 11.6 Å². The van der Waals surface area contributed by atoms with E-state index >= 15 is 0 Å². The summed E-state index contributed by atoms with van der Waals surface area (Å²) < 4.78 is 10.2. The number of carbonyl (C=O) groups excluding carboxylic acids is 1. The first-order valence-corrected chi connectivity index (χ1v) is 6.07. The highest BCUT2D eigenvalue weighted by atomic mass is 35.5. The second-order valence-electron chi connectivity index (χ2n) is 3.87. The largest absolute Gasteiger partial charge is 0.465 e. The van der Waals surface area contributed by atoms with Crippen LogP contribution in [-0.2, 0) is 4.74 Å². The number of hydrogen-bond acceptors (Lipinski definition) is 4. The fourth-order valence-corrected chi connectivity index (χ4v) is 1.78. The first-order chi connectivity index (χ1) is 9.63. The maximum Gasteiger partial charge on any atom is 0.337 e. The normalized spacial score (nSPS) is 9.65. The molecule has 2 aromatic rings. The number of esters is 1. The lowest BCUT2D eigenvalue weighted by Gasteiger charge is -2.07. The van der Waals surface area contributed by atoms with Gasteiger partial charge >= 0.3 is 5.97 Å². The second kappa shape index (κ2) is 6.09. The fraction of sp³-hybridized carbons (Fsp3) is 0.0667. The molecule has 0 atom stereocenters. The Hall–Kier alpha value is -2.51. The number of methoxy groups -OCH3 is 1. The summed E-state index contributed by atoms with van der Waals surface area (Å²) in [6.45, 7) is 0. The average molecular weight is 288 g/mol. The first-order valence-electron chi connectivity index (χ1n) is 5.70. The van der Waals surface area contributed by atoms with E-state index in [0.717, 1.165) is 0 Å². The molecule has 0 saturated heterocycles. The van der Waals surface area contributed by atoms with Crippen LogP contribution in [0.15, 0.2) is 42.5 Å². The van der Waals surface area contributed by atoms with Gasteiger partial charge < -0.3 is 9.47 Å². The molecule has 0 amide bonds. The summed E-state index contributed by atoms with van der Waals surface area (Å²) >= 11 is 5.92. The van der Waals surface area contributed by atoms with Crippen LogP contribution in [0.2, 0.25) is 5.02 Å². The zero-order valence-electron chi connectivity index (χ0n) is 10.6. The van der Waals surface area contributed by atoms with Crippen LogP contribution in [0, 0.1) is 11.3 Å². The van der Waals surface area contributed by atoms with Gasteiger partial charge in [-0.05, 0) is 36.4 Å². The van der Waals surface area contributed by atoms with E-state index in [1.165, 1.54) is 7.11 Å². The van der Waals surface area contributed by atoms with Crippen LogP contribution in [0.5, 0.6) is 11.5 Å². The number of benzene rings is 2. The van der Waals surface area contributed by atoms with Crippen molar-refractivity contribution in [2.24, 2.45) is 0 Å². The van der Waals surface area contributed by atoms with Crippen LogP contribution in [0.4, 0.5) is 0 Å². The van der Waals surface area contributed by atoms with Gasteiger partial charge in [0.1, 0.15) is 17.6 Å². The molecule has 100 valence electrons. The molecular weight excluding hydrogens is 278 g/mol. The number of rotatable bonds is 3. The number of ether oxygens (including phenoxy) is 2. The minimum atomic E-state index is -0.405. The summed E-state index contributed by atoms with van der Waals surface area (Å²) in [4.78, 5) is 11.3.